The SMILES string of the molecule is CCOc1ccccc1C(O)COc1ccccc1F. The Kier molecular flexibility index (Phi) is 4.96. The number of aliphatic hydroxyl groups is 1. The highest BCUT2D eigenvalue weighted by molar-refractivity contribution is 5.35. The highest BCUT2D eigenvalue weighted by Gasteiger charge is 2.14. The maximum absolute atomic E-state index is 13.4. The largest absolute Gasteiger partial charge is 0.493 e. The molecule has 0 fully saturated rings. The number of ether oxygens (including phenoxy) is 2. The lowest BCUT2D eigenvalue weighted by molar-refractivity contribution is 0.103. The smallest absolute Gasteiger partial charge is 0.165 e. The van der Waals surface area contributed by atoms with Gasteiger partial charge in [0, 0.05) is 5.56 Å². The maximum Gasteiger partial charge on any atom is 0.165 e. The summed E-state index contributed by atoms with van der Waals surface area (Å²) >= 11 is 0. The molecule has 0 heterocycles. The second-order valence-electron chi connectivity index (χ2n) is 4.23. The van der Waals surface area contributed by atoms with Crippen LogP contribution in [0.1, 0.15) is 18.6 Å². The second-order valence-corrected chi connectivity index (χ2v) is 4.23. The molecule has 106 valence electrons. The van der Waals surface area contributed by atoms with Crippen LogP contribution in [0.3, 0.4) is 0 Å². The molecule has 2 aromatic rings. The molecule has 0 aliphatic rings. The molecule has 2 aromatic carbocycles. The molecule has 1 unspecified atom stereocenters. The van der Waals surface area contributed by atoms with Crippen LogP contribution < -0.4 is 9.47 Å². The van der Waals surface area contributed by atoms with E-state index < -0.39 is 11.9 Å². The number of benzene rings is 2. The van der Waals surface area contributed by atoms with E-state index in [1.807, 2.05) is 19.1 Å². The predicted octanol–water partition coefficient (Wildman–Crippen LogP) is 3.34. The zero-order chi connectivity index (χ0) is 14.4. The van der Waals surface area contributed by atoms with E-state index in [1.54, 1.807) is 24.3 Å². The van der Waals surface area contributed by atoms with Crippen molar-refractivity contribution in [2.45, 2.75) is 13.0 Å². The van der Waals surface area contributed by atoms with E-state index in [0.29, 0.717) is 17.9 Å². The Labute approximate surface area is 117 Å². The van der Waals surface area contributed by atoms with Crippen molar-refractivity contribution >= 4 is 0 Å². The highest BCUT2D eigenvalue weighted by atomic mass is 19.1. The van der Waals surface area contributed by atoms with Gasteiger partial charge in [0.2, 0.25) is 0 Å². The maximum atomic E-state index is 13.4. The van der Waals surface area contributed by atoms with E-state index in [1.165, 1.54) is 12.1 Å². The molecule has 0 saturated carbocycles. The Morgan fingerprint density at radius 1 is 1.00 bits per heavy atom. The number of hydrogen-bond donors (Lipinski definition) is 1. The van der Waals surface area contributed by atoms with Gasteiger partial charge in [-0.1, -0.05) is 30.3 Å². The topological polar surface area (TPSA) is 38.7 Å². The van der Waals surface area contributed by atoms with Crippen LogP contribution in [-0.4, -0.2) is 18.3 Å². The molecule has 0 spiro atoms. The fourth-order valence-electron chi connectivity index (χ4n) is 1.86. The molecule has 0 saturated heterocycles. The summed E-state index contributed by atoms with van der Waals surface area (Å²) in [5.41, 5.74) is 0.630. The van der Waals surface area contributed by atoms with Crippen molar-refractivity contribution < 1.29 is 19.0 Å². The minimum atomic E-state index is -0.877. The molecule has 1 N–H and O–H groups in total. The summed E-state index contributed by atoms with van der Waals surface area (Å²) in [5, 5.41) is 10.2. The minimum absolute atomic E-state index is 0.0367. The van der Waals surface area contributed by atoms with Gasteiger partial charge in [-0.2, -0.15) is 0 Å². The van der Waals surface area contributed by atoms with Crippen LogP contribution in [-0.2, 0) is 0 Å². The number of para-hydroxylation sites is 2. The molecule has 0 bridgehead atoms. The first-order chi connectivity index (χ1) is 9.72. The number of aliphatic hydroxyl groups excluding tert-OH is 1. The van der Waals surface area contributed by atoms with Gasteiger partial charge in [0.05, 0.1) is 6.61 Å². The van der Waals surface area contributed by atoms with Crippen LogP contribution in [0.25, 0.3) is 0 Å². The third-order valence-electron chi connectivity index (χ3n) is 2.81. The number of halogens is 1. The molecule has 0 aliphatic carbocycles. The number of hydrogen-bond acceptors (Lipinski definition) is 3. The van der Waals surface area contributed by atoms with E-state index in [9.17, 15) is 9.50 Å². The van der Waals surface area contributed by atoms with Crippen LogP contribution in [0.5, 0.6) is 11.5 Å². The van der Waals surface area contributed by atoms with Gasteiger partial charge in [-0.3, -0.25) is 0 Å². The highest BCUT2D eigenvalue weighted by Crippen LogP contribution is 2.26. The van der Waals surface area contributed by atoms with Gasteiger partial charge in [0.15, 0.2) is 11.6 Å². The summed E-state index contributed by atoms with van der Waals surface area (Å²) in [4.78, 5) is 0. The molecule has 2 rings (SSSR count). The lowest BCUT2D eigenvalue weighted by Gasteiger charge is -2.16. The van der Waals surface area contributed by atoms with Gasteiger partial charge in [-0.15, -0.1) is 0 Å². The first kappa shape index (κ1) is 14.3. The summed E-state index contributed by atoms with van der Waals surface area (Å²) in [6.45, 7) is 2.35. The van der Waals surface area contributed by atoms with Crippen molar-refractivity contribution in [1.82, 2.24) is 0 Å². The third-order valence-corrected chi connectivity index (χ3v) is 2.81. The Balaban J connectivity index is 2.05. The third kappa shape index (κ3) is 3.48. The first-order valence-corrected chi connectivity index (χ1v) is 6.49. The molecular formula is C16H17FO3. The van der Waals surface area contributed by atoms with E-state index in [0.717, 1.165) is 0 Å². The lowest BCUT2D eigenvalue weighted by atomic mass is 10.1. The fourth-order valence-corrected chi connectivity index (χ4v) is 1.86. The molecule has 0 aliphatic heterocycles. The van der Waals surface area contributed by atoms with Crippen molar-refractivity contribution in [1.29, 1.82) is 0 Å². The zero-order valence-electron chi connectivity index (χ0n) is 11.3. The lowest BCUT2D eigenvalue weighted by Crippen LogP contribution is -2.12. The summed E-state index contributed by atoms with van der Waals surface area (Å²) in [7, 11) is 0. The average molecular weight is 276 g/mol. The summed E-state index contributed by atoms with van der Waals surface area (Å²) in [6, 6.07) is 13.3. The monoisotopic (exact) mass is 276 g/mol. The van der Waals surface area contributed by atoms with Crippen molar-refractivity contribution in [3.8, 4) is 11.5 Å². The van der Waals surface area contributed by atoms with Crippen LogP contribution in [0.15, 0.2) is 48.5 Å². The molecule has 0 amide bonds. The standard InChI is InChI=1S/C16H17FO3/c1-2-19-15-9-5-3-7-12(15)14(18)11-20-16-10-6-4-8-13(16)17/h3-10,14,18H,2,11H2,1H3. The van der Waals surface area contributed by atoms with Crippen LogP contribution in [0, 0.1) is 5.82 Å². The van der Waals surface area contributed by atoms with Crippen molar-refractivity contribution in [2.75, 3.05) is 13.2 Å². The van der Waals surface area contributed by atoms with E-state index in [2.05, 4.69) is 0 Å². The summed E-state index contributed by atoms with van der Waals surface area (Å²) < 4.78 is 24.2. The Hall–Kier alpha value is -2.07. The van der Waals surface area contributed by atoms with Crippen molar-refractivity contribution in [3.63, 3.8) is 0 Å². The van der Waals surface area contributed by atoms with Crippen LogP contribution in [0.4, 0.5) is 4.39 Å². The van der Waals surface area contributed by atoms with Gasteiger partial charge in [0.1, 0.15) is 18.5 Å². The van der Waals surface area contributed by atoms with Gasteiger partial charge in [-0.05, 0) is 25.1 Å². The first-order valence-electron chi connectivity index (χ1n) is 6.49. The second kappa shape index (κ2) is 6.91. The van der Waals surface area contributed by atoms with Crippen molar-refractivity contribution in [3.05, 3.63) is 59.9 Å². The van der Waals surface area contributed by atoms with Gasteiger partial charge >= 0.3 is 0 Å². The molecule has 4 heteroatoms. The Bertz CT molecular complexity index is 557. The van der Waals surface area contributed by atoms with Gasteiger partial charge in [-0.25, -0.2) is 4.39 Å². The summed E-state index contributed by atoms with van der Waals surface area (Å²) in [6.07, 6.45) is -0.877. The number of rotatable bonds is 6. The quantitative estimate of drug-likeness (QED) is 0.879. The summed E-state index contributed by atoms with van der Waals surface area (Å²) in [5.74, 6) is 0.290. The van der Waals surface area contributed by atoms with Crippen LogP contribution in [0.2, 0.25) is 0 Å². The van der Waals surface area contributed by atoms with Gasteiger partial charge < -0.3 is 14.6 Å². The Morgan fingerprint density at radius 2 is 1.65 bits per heavy atom. The molecule has 0 radical (unpaired) electrons. The molecule has 20 heavy (non-hydrogen) atoms. The zero-order valence-corrected chi connectivity index (χ0v) is 11.3. The van der Waals surface area contributed by atoms with E-state index in [-0.39, 0.29) is 12.4 Å². The Morgan fingerprint density at radius 3 is 2.35 bits per heavy atom. The molecule has 1 atom stereocenters. The van der Waals surface area contributed by atoms with E-state index >= 15 is 0 Å². The normalized spacial score (nSPS) is 11.9. The molecule has 3 nitrogen and oxygen atoms in total. The minimum Gasteiger partial charge on any atom is -0.493 e. The van der Waals surface area contributed by atoms with Crippen molar-refractivity contribution in [2.24, 2.45) is 0 Å². The van der Waals surface area contributed by atoms with E-state index in [4.69, 9.17) is 9.47 Å². The fraction of sp³-hybridized carbons (Fsp3) is 0.250. The molecule has 0 aromatic heterocycles. The average Bonchev–Trinajstić information content (AvgIpc) is 2.47. The predicted molar refractivity (Wildman–Crippen MR) is 74.5 cm³/mol. The van der Waals surface area contributed by atoms with Gasteiger partial charge in [0.25, 0.3) is 0 Å². The van der Waals surface area contributed by atoms with Crippen LogP contribution >= 0.6 is 0 Å². The molecular weight excluding hydrogens is 259 g/mol.